The molecule has 2 aromatic heterocycles. The molecule has 3 heterocycles. The molecule has 3 aromatic rings. The van der Waals surface area contributed by atoms with E-state index in [-0.39, 0.29) is 5.91 Å². The molecule has 27 heavy (non-hydrogen) atoms. The van der Waals surface area contributed by atoms with Crippen LogP contribution in [0, 0.1) is 0 Å². The molecule has 0 spiro atoms. The van der Waals surface area contributed by atoms with Crippen LogP contribution in [0.5, 0.6) is 5.75 Å². The van der Waals surface area contributed by atoms with Crippen LogP contribution >= 0.6 is 0 Å². The number of nitrogens with zero attached hydrogens (tertiary/aromatic N) is 4. The van der Waals surface area contributed by atoms with E-state index < -0.39 is 0 Å². The number of benzene rings is 1. The predicted molar refractivity (Wildman–Crippen MR) is 101 cm³/mol. The van der Waals surface area contributed by atoms with Gasteiger partial charge >= 0.3 is 0 Å². The van der Waals surface area contributed by atoms with Gasteiger partial charge in [-0.15, -0.1) is 0 Å². The Kier molecular flexibility index (Phi) is 4.97. The first kappa shape index (κ1) is 17.4. The summed E-state index contributed by atoms with van der Waals surface area (Å²) in [4.78, 5) is 21.4. The molecule has 1 amide bonds. The number of nitrogens with one attached hydrogen (secondary N) is 2. The zero-order valence-corrected chi connectivity index (χ0v) is 15.2. The molecular weight excluding hydrogens is 344 g/mol. The molecule has 1 aliphatic rings. The van der Waals surface area contributed by atoms with E-state index in [1.807, 2.05) is 16.8 Å². The lowest BCUT2D eigenvalue weighted by molar-refractivity contribution is 0.0949. The smallest absolute Gasteiger partial charge is 0.255 e. The van der Waals surface area contributed by atoms with E-state index in [0.29, 0.717) is 30.3 Å². The standard InChI is InChI=1S/C19H22N6O2/c1-27-15-5-3-2-4-14(15)19(26)23-10-11-25-18-17(21-8-9-22-18)16(24-25)13-6-7-20-12-13/h2-5,8-9,13,20H,6-7,10-12H2,1H3,(H,23,26). The molecule has 1 aliphatic heterocycles. The van der Waals surface area contributed by atoms with Crippen LogP contribution in [0.4, 0.5) is 0 Å². The van der Waals surface area contributed by atoms with Crippen molar-refractivity contribution in [1.29, 1.82) is 0 Å². The van der Waals surface area contributed by atoms with Crippen LogP contribution in [0.1, 0.15) is 28.4 Å². The number of para-hydroxylation sites is 1. The lowest BCUT2D eigenvalue weighted by Gasteiger charge is -2.09. The highest BCUT2D eigenvalue weighted by atomic mass is 16.5. The van der Waals surface area contributed by atoms with Gasteiger partial charge in [0.1, 0.15) is 11.3 Å². The Balaban J connectivity index is 1.48. The third-order valence-electron chi connectivity index (χ3n) is 4.80. The molecule has 1 saturated heterocycles. The number of amides is 1. The fourth-order valence-electron chi connectivity index (χ4n) is 3.45. The van der Waals surface area contributed by atoms with E-state index in [4.69, 9.17) is 9.84 Å². The normalized spacial score (nSPS) is 16.6. The molecule has 8 nitrogen and oxygen atoms in total. The summed E-state index contributed by atoms with van der Waals surface area (Å²) in [7, 11) is 1.56. The molecule has 0 aliphatic carbocycles. The predicted octanol–water partition coefficient (Wildman–Crippen LogP) is 1.34. The third kappa shape index (κ3) is 3.48. The first-order valence-corrected chi connectivity index (χ1v) is 9.07. The molecule has 8 heteroatoms. The van der Waals surface area contributed by atoms with E-state index in [1.54, 1.807) is 31.6 Å². The Bertz CT molecular complexity index is 948. The second-order valence-corrected chi connectivity index (χ2v) is 6.48. The van der Waals surface area contributed by atoms with Gasteiger partial charge in [-0.05, 0) is 25.1 Å². The number of fused-ring (bicyclic) bond motifs is 1. The fourth-order valence-corrected chi connectivity index (χ4v) is 3.45. The highest BCUT2D eigenvalue weighted by molar-refractivity contribution is 5.96. The first-order valence-electron chi connectivity index (χ1n) is 9.07. The second-order valence-electron chi connectivity index (χ2n) is 6.48. The summed E-state index contributed by atoms with van der Waals surface area (Å²) < 4.78 is 7.08. The minimum absolute atomic E-state index is 0.171. The van der Waals surface area contributed by atoms with E-state index in [2.05, 4.69) is 20.6 Å². The quantitative estimate of drug-likeness (QED) is 0.684. The summed E-state index contributed by atoms with van der Waals surface area (Å²) in [6, 6.07) is 7.17. The van der Waals surface area contributed by atoms with Crippen molar-refractivity contribution in [2.75, 3.05) is 26.7 Å². The highest BCUT2D eigenvalue weighted by Gasteiger charge is 2.24. The number of aromatic nitrogens is 4. The summed E-state index contributed by atoms with van der Waals surface area (Å²) in [5.41, 5.74) is 3.11. The van der Waals surface area contributed by atoms with Crippen LogP contribution in [0.2, 0.25) is 0 Å². The van der Waals surface area contributed by atoms with Crippen molar-refractivity contribution < 1.29 is 9.53 Å². The molecule has 4 rings (SSSR count). The van der Waals surface area contributed by atoms with Crippen molar-refractivity contribution in [3.05, 3.63) is 47.9 Å². The SMILES string of the molecule is COc1ccccc1C(=O)NCCn1nc(C2CCNC2)c2nccnc21. The molecular formula is C19H22N6O2. The lowest BCUT2D eigenvalue weighted by Crippen LogP contribution is -2.28. The van der Waals surface area contributed by atoms with E-state index >= 15 is 0 Å². The van der Waals surface area contributed by atoms with Crippen molar-refractivity contribution in [1.82, 2.24) is 30.4 Å². The van der Waals surface area contributed by atoms with Crippen LogP contribution in [-0.4, -0.2) is 52.4 Å². The van der Waals surface area contributed by atoms with Gasteiger partial charge < -0.3 is 15.4 Å². The molecule has 1 atom stereocenters. The van der Waals surface area contributed by atoms with Crippen molar-refractivity contribution >= 4 is 17.1 Å². The molecule has 1 fully saturated rings. The van der Waals surface area contributed by atoms with Crippen molar-refractivity contribution in [2.24, 2.45) is 0 Å². The van der Waals surface area contributed by atoms with Crippen LogP contribution in [-0.2, 0) is 6.54 Å². The van der Waals surface area contributed by atoms with Crippen LogP contribution in [0.3, 0.4) is 0 Å². The fraction of sp³-hybridized carbons (Fsp3) is 0.368. The van der Waals surface area contributed by atoms with Gasteiger partial charge in [-0.25, -0.2) is 14.6 Å². The number of ether oxygens (including phenoxy) is 1. The summed E-state index contributed by atoms with van der Waals surface area (Å²) in [6.07, 6.45) is 4.42. The molecule has 1 aromatic carbocycles. The maximum absolute atomic E-state index is 12.4. The Hall–Kier alpha value is -3.00. The largest absolute Gasteiger partial charge is 0.496 e. The molecule has 0 bridgehead atoms. The monoisotopic (exact) mass is 366 g/mol. The van der Waals surface area contributed by atoms with Crippen molar-refractivity contribution in [3.8, 4) is 5.75 Å². The maximum Gasteiger partial charge on any atom is 0.255 e. The number of carbonyl (C=O) groups excluding carboxylic acids is 1. The Morgan fingerprint density at radius 3 is 3.00 bits per heavy atom. The van der Waals surface area contributed by atoms with Gasteiger partial charge in [0.15, 0.2) is 5.65 Å². The summed E-state index contributed by atoms with van der Waals surface area (Å²) in [6.45, 7) is 2.87. The van der Waals surface area contributed by atoms with Gasteiger partial charge in [-0.2, -0.15) is 5.10 Å². The summed E-state index contributed by atoms with van der Waals surface area (Å²) >= 11 is 0. The Labute approximate surface area is 157 Å². The average Bonchev–Trinajstić information content (AvgIpc) is 3.36. The van der Waals surface area contributed by atoms with Crippen LogP contribution < -0.4 is 15.4 Å². The molecule has 1 unspecified atom stereocenters. The Morgan fingerprint density at radius 2 is 2.19 bits per heavy atom. The summed E-state index contributed by atoms with van der Waals surface area (Å²) in [5.74, 6) is 0.741. The van der Waals surface area contributed by atoms with Gasteiger partial charge in [0.05, 0.1) is 24.9 Å². The van der Waals surface area contributed by atoms with Gasteiger partial charge in [0.25, 0.3) is 5.91 Å². The molecule has 140 valence electrons. The van der Waals surface area contributed by atoms with Crippen molar-refractivity contribution in [3.63, 3.8) is 0 Å². The molecule has 0 saturated carbocycles. The number of hydrogen-bond donors (Lipinski definition) is 2. The topological polar surface area (TPSA) is 94.0 Å². The summed E-state index contributed by atoms with van der Waals surface area (Å²) in [5, 5.41) is 11.0. The minimum Gasteiger partial charge on any atom is -0.496 e. The van der Waals surface area contributed by atoms with Gasteiger partial charge in [0.2, 0.25) is 0 Å². The molecule has 0 radical (unpaired) electrons. The van der Waals surface area contributed by atoms with Crippen molar-refractivity contribution in [2.45, 2.75) is 18.9 Å². The zero-order chi connectivity index (χ0) is 18.6. The van der Waals surface area contributed by atoms with Gasteiger partial charge in [-0.3, -0.25) is 4.79 Å². The number of carbonyl (C=O) groups is 1. The zero-order valence-electron chi connectivity index (χ0n) is 15.2. The molecule has 2 N–H and O–H groups in total. The van der Waals surface area contributed by atoms with Gasteiger partial charge in [-0.1, -0.05) is 12.1 Å². The first-order chi connectivity index (χ1) is 13.3. The number of methoxy groups -OCH3 is 1. The average molecular weight is 366 g/mol. The minimum atomic E-state index is -0.171. The van der Waals surface area contributed by atoms with Crippen LogP contribution in [0.15, 0.2) is 36.7 Å². The van der Waals surface area contributed by atoms with Gasteiger partial charge in [0, 0.05) is 31.4 Å². The maximum atomic E-state index is 12.4. The van der Waals surface area contributed by atoms with E-state index in [1.165, 1.54) is 0 Å². The lowest BCUT2D eigenvalue weighted by atomic mass is 10.0. The second kappa shape index (κ2) is 7.71. The van der Waals surface area contributed by atoms with E-state index in [0.717, 1.165) is 36.4 Å². The van der Waals surface area contributed by atoms with E-state index in [9.17, 15) is 4.79 Å². The highest BCUT2D eigenvalue weighted by Crippen LogP contribution is 2.26. The third-order valence-corrected chi connectivity index (χ3v) is 4.80. The van der Waals surface area contributed by atoms with Crippen LogP contribution in [0.25, 0.3) is 11.2 Å². The Morgan fingerprint density at radius 1 is 1.33 bits per heavy atom. The number of rotatable bonds is 6. The number of hydrogen-bond acceptors (Lipinski definition) is 6.